The molecule has 16 heavy (non-hydrogen) atoms. The molecule has 1 N–H and O–H groups in total. The molecule has 0 aliphatic carbocycles. The number of pyridine rings is 1. The maximum Gasteiger partial charge on any atom is 0.0820 e. The molecule has 0 fully saturated rings. The number of hydrogen-bond acceptors (Lipinski definition) is 3. The fourth-order valence-electron chi connectivity index (χ4n) is 1.53. The predicted octanol–water partition coefficient (Wildman–Crippen LogP) is 2.39. The van der Waals surface area contributed by atoms with Gasteiger partial charge in [0.25, 0.3) is 0 Å². The summed E-state index contributed by atoms with van der Waals surface area (Å²) in [7, 11) is 1.91. The molecule has 5 heteroatoms. The smallest absolute Gasteiger partial charge is 0.0820 e. The Balaban J connectivity index is 2.08. The van der Waals surface area contributed by atoms with E-state index in [4.69, 9.17) is 11.6 Å². The lowest BCUT2D eigenvalue weighted by atomic mass is 10.2. The third kappa shape index (κ3) is 2.33. The molecule has 84 valence electrons. The predicted molar refractivity (Wildman–Crippen MR) is 64.5 cm³/mol. The van der Waals surface area contributed by atoms with Crippen LogP contribution in [0.25, 0.3) is 0 Å². The van der Waals surface area contributed by atoms with Crippen LogP contribution < -0.4 is 5.32 Å². The maximum absolute atomic E-state index is 5.99. The minimum atomic E-state index is 0.629. The van der Waals surface area contributed by atoms with Gasteiger partial charge in [0.15, 0.2) is 0 Å². The van der Waals surface area contributed by atoms with E-state index in [-0.39, 0.29) is 0 Å². The van der Waals surface area contributed by atoms with E-state index in [0.29, 0.717) is 11.6 Å². The van der Waals surface area contributed by atoms with Gasteiger partial charge < -0.3 is 5.32 Å². The number of hydrogen-bond donors (Lipinski definition) is 1. The summed E-state index contributed by atoms with van der Waals surface area (Å²) >= 11 is 5.99. The molecule has 0 aliphatic heterocycles. The van der Waals surface area contributed by atoms with Gasteiger partial charge in [-0.15, -0.1) is 0 Å². The van der Waals surface area contributed by atoms with E-state index in [1.54, 1.807) is 17.1 Å². The molecule has 2 rings (SSSR count). The van der Waals surface area contributed by atoms with Gasteiger partial charge in [-0.1, -0.05) is 11.6 Å². The van der Waals surface area contributed by atoms with Gasteiger partial charge in [0.05, 0.1) is 16.4 Å². The van der Waals surface area contributed by atoms with Crippen LogP contribution >= 0.6 is 11.6 Å². The van der Waals surface area contributed by atoms with E-state index in [9.17, 15) is 0 Å². The number of nitrogens with one attached hydrogen (secondary N) is 1. The summed E-state index contributed by atoms with van der Waals surface area (Å²) in [6.45, 7) is 2.70. The molecule has 2 heterocycles. The number of nitrogens with zero attached hydrogens (tertiary/aromatic N) is 3. The van der Waals surface area contributed by atoms with Gasteiger partial charge in [0.1, 0.15) is 0 Å². The molecule has 0 atom stereocenters. The fraction of sp³-hybridized carbons (Fsp3) is 0.273. The van der Waals surface area contributed by atoms with Crippen molar-refractivity contribution in [3.8, 4) is 0 Å². The zero-order valence-corrected chi connectivity index (χ0v) is 9.99. The number of halogens is 1. The average molecular weight is 237 g/mol. The molecule has 0 bridgehead atoms. The van der Waals surface area contributed by atoms with Crippen molar-refractivity contribution in [2.45, 2.75) is 13.5 Å². The highest BCUT2D eigenvalue weighted by Gasteiger charge is 2.04. The van der Waals surface area contributed by atoms with Gasteiger partial charge in [-0.05, 0) is 13.0 Å². The SMILES string of the molecule is Cc1nn(C)cc1CNc1ccncc1Cl. The van der Waals surface area contributed by atoms with E-state index in [1.807, 2.05) is 26.2 Å². The molecule has 0 saturated heterocycles. The fourth-order valence-corrected chi connectivity index (χ4v) is 1.72. The molecular formula is C11H13ClN4. The normalized spacial score (nSPS) is 10.4. The second kappa shape index (κ2) is 4.53. The zero-order valence-electron chi connectivity index (χ0n) is 9.24. The van der Waals surface area contributed by atoms with Crippen LogP contribution in [0.1, 0.15) is 11.3 Å². The molecule has 0 unspecified atom stereocenters. The summed E-state index contributed by atoms with van der Waals surface area (Å²) in [5.41, 5.74) is 3.08. The summed E-state index contributed by atoms with van der Waals surface area (Å²) in [6, 6.07) is 1.86. The van der Waals surface area contributed by atoms with Crippen molar-refractivity contribution in [1.29, 1.82) is 0 Å². The van der Waals surface area contributed by atoms with E-state index < -0.39 is 0 Å². The molecule has 0 amide bonds. The van der Waals surface area contributed by atoms with Gasteiger partial charge in [-0.3, -0.25) is 9.67 Å². The van der Waals surface area contributed by atoms with Crippen molar-refractivity contribution < 1.29 is 0 Å². The topological polar surface area (TPSA) is 42.7 Å². The molecule has 0 aliphatic rings. The third-order valence-electron chi connectivity index (χ3n) is 2.36. The van der Waals surface area contributed by atoms with E-state index >= 15 is 0 Å². The number of aryl methyl sites for hydroxylation is 2. The Morgan fingerprint density at radius 3 is 2.94 bits per heavy atom. The zero-order chi connectivity index (χ0) is 11.5. The van der Waals surface area contributed by atoms with E-state index in [1.165, 1.54) is 0 Å². The average Bonchev–Trinajstić information content (AvgIpc) is 2.56. The molecule has 0 radical (unpaired) electrons. The number of anilines is 1. The minimum absolute atomic E-state index is 0.629. The summed E-state index contributed by atoms with van der Waals surface area (Å²) in [4.78, 5) is 3.93. The van der Waals surface area contributed by atoms with Crippen LogP contribution in [0.4, 0.5) is 5.69 Å². The molecule has 0 spiro atoms. The summed E-state index contributed by atoms with van der Waals surface area (Å²) < 4.78 is 1.81. The Bertz CT molecular complexity index is 492. The lowest BCUT2D eigenvalue weighted by molar-refractivity contribution is 0.756. The van der Waals surface area contributed by atoms with Crippen molar-refractivity contribution in [3.63, 3.8) is 0 Å². The molecule has 2 aromatic heterocycles. The van der Waals surface area contributed by atoms with Crippen molar-refractivity contribution in [3.05, 3.63) is 40.9 Å². The first-order chi connectivity index (χ1) is 7.66. The van der Waals surface area contributed by atoms with Crippen LogP contribution in [-0.4, -0.2) is 14.8 Å². The second-order valence-corrected chi connectivity index (χ2v) is 4.03. The van der Waals surface area contributed by atoms with E-state index in [0.717, 1.165) is 16.9 Å². The third-order valence-corrected chi connectivity index (χ3v) is 2.66. The van der Waals surface area contributed by atoms with Crippen LogP contribution in [0.3, 0.4) is 0 Å². The lowest BCUT2D eigenvalue weighted by Gasteiger charge is -2.06. The molecule has 2 aromatic rings. The first-order valence-electron chi connectivity index (χ1n) is 4.99. The number of aromatic nitrogens is 3. The van der Waals surface area contributed by atoms with E-state index in [2.05, 4.69) is 15.4 Å². The van der Waals surface area contributed by atoms with Crippen molar-refractivity contribution in [2.75, 3.05) is 5.32 Å². The highest BCUT2D eigenvalue weighted by Crippen LogP contribution is 2.20. The van der Waals surface area contributed by atoms with Crippen LogP contribution in [0.15, 0.2) is 24.7 Å². The summed E-state index contributed by atoms with van der Waals surface area (Å²) in [5, 5.41) is 8.16. The summed E-state index contributed by atoms with van der Waals surface area (Å²) in [5.74, 6) is 0. The maximum atomic E-state index is 5.99. The molecule has 0 aromatic carbocycles. The molecule has 0 saturated carbocycles. The molecular weight excluding hydrogens is 224 g/mol. The Hall–Kier alpha value is -1.55. The van der Waals surface area contributed by atoms with Gasteiger partial charge in [0, 0.05) is 37.7 Å². The quantitative estimate of drug-likeness (QED) is 0.890. The van der Waals surface area contributed by atoms with Crippen LogP contribution in [0, 0.1) is 6.92 Å². The van der Waals surface area contributed by atoms with Gasteiger partial charge in [-0.25, -0.2) is 0 Å². The Morgan fingerprint density at radius 1 is 1.50 bits per heavy atom. The van der Waals surface area contributed by atoms with Gasteiger partial charge >= 0.3 is 0 Å². The highest BCUT2D eigenvalue weighted by atomic mass is 35.5. The van der Waals surface area contributed by atoms with Gasteiger partial charge in [-0.2, -0.15) is 5.10 Å². The highest BCUT2D eigenvalue weighted by molar-refractivity contribution is 6.33. The Labute approximate surface area is 99.3 Å². The number of rotatable bonds is 3. The second-order valence-electron chi connectivity index (χ2n) is 3.62. The standard InChI is InChI=1S/C11H13ClN4/c1-8-9(7-16(2)15-8)5-14-11-3-4-13-6-10(11)12/h3-4,6-7H,5H2,1-2H3,(H,13,14). The Morgan fingerprint density at radius 2 is 2.31 bits per heavy atom. The molecule has 4 nitrogen and oxygen atoms in total. The largest absolute Gasteiger partial charge is 0.380 e. The van der Waals surface area contributed by atoms with Crippen LogP contribution in [0.2, 0.25) is 5.02 Å². The van der Waals surface area contributed by atoms with Crippen molar-refractivity contribution in [1.82, 2.24) is 14.8 Å². The van der Waals surface area contributed by atoms with Crippen LogP contribution in [0.5, 0.6) is 0 Å². The van der Waals surface area contributed by atoms with Crippen LogP contribution in [-0.2, 0) is 13.6 Å². The first kappa shape index (κ1) is 11.0. The van der Waals surface area contributed by atoms with Crippen molar-refractivity contribution >= 4 is 17.3 Å². The lowest BCUT2D eigenvalue weighted by Crippen LogP contribution is -2.00. The first-order valence-corrected chi connectivity index (χ1v) is 5.37. The Kier molecular flexibility index (Phi) is 3.10. The van der Waals surface area contributed by atoms with Gasteiger partial charge in [0.2, 0.25) is 0 Å². The monoisotopic (exact) mass is 236 g/mol. The summed E-state index contributed by atoms with van der Waals surface area (Å²) in [6.07, 6.45) is 5.34. The van der Waals surface area contributed by atoms with Crippen molar-refractivity contribution in [2.24, 2.45) is 7.05 Å². The minimum Gasteiger partial charge on any atom is -0.380 e.